The van der Waals surface area contributed by atoms with Crippen LogP contribution in [0.25, 0.3) is 0 Å². The molecule has 24 heavy (non-hydrogen) atoms. The van der Waals surface area contributed by atoms with E-state index in [0.29, 0.717) is 23.6 Å². The topological polar surface area (TPSA) is 84.5 Å². The standard InChI is InChI=1S/C18H16N2O4/c1-12-6-7-13(17(21)19-11-14-4-2-8-23-14)10-15(12)20-18(22)16-5-3-9-24-16/h2-10H,11H2,1H3,(H,19,21)(H,20,22). The van der Waals surface area contributed by atoms with Gasteiger partial charge in [0.25, 0.3) is 11.8 Å². The second-order valence-corrected chi connectivity index (χ2v) is 5.22. The number of amides is 2. The highest BCUT2D eigenvalue weighted by Crippen LogP contribution is 2.18. The number of anilines is 1. The number of aryl methyl sites for hydroxylation is 1. The third kappa shape index (κ3) is 3.55. The van der Waals surface area contributed by atoms with E-state index < -0.39 is 0 Å². The van der Waals surface area contributed by atoms with E-state index in [2.05, 4.69) is 10.6 Å². The van der Waals surface area contributed by atoms with Crippen molar-refractivity contribution in [2.75, 3.05) is 5.32 Å². The van der Waals surface area contributed by atoms with Gasteiger partial charge in [0.15, 0.2) is 5.76 Å². The van der Waals surface area contributed by atoms with Crippen LogP contribution in [-0.4, -0.2) is 11.8 Å². The highest BCUT2D eigenvalue weighted by Gasteiger charge is 2.13. The van der Waals surface area contributed by atoms with Gasteiger partial charge in [-0.1, -0.05) is 6.07 Å². The number of carbonyl (C=O) groups is 2. The zero-order valence-corrected chi connectivity index (χ0v) is 13.0. The van der Waals surface area contributed by atoms with E-state index in [0.717, 1.165) is 5.56 Å². The molecule has 0 aliphatic carbocycles. The zero-order chi connectivity index (χ0) is 16.9. The van der Waals surface area contributed by atoms with Gasteiger partial charge >= 0.3 is 0 Å². The van der Waals surface area contributed by atoms with E-state index in [9.17, 15) is 9.59 Å². The SMILES string of the molecule is Cc1ccc(C(=O)NCc2ccco2)cc1NC(=O)c1ccco1. The van der Waals surface area contributed by atoms with Gasteiger partial charge in [-0.05, 0) is 48.9 Å². The molecule has 0 unspecified atom stereocenters. The Morgan fingerprint density at radius 3 is 2.50 bits per heavy atom. The van der Waals surface area contributed by atoms with Gasteiger partial charge in [-0.15, -0.1) is 0 Å². The Morgan fingerprint density at radius 2 is 1.79 bits per heavy atom. The first-order valence-electron chi connectivity index (χ1n) is 7.39. The third-order valence-corrected chi connectivity index (χ3v) is 3.50. The van der Waals surface area contributed by atoms with Crippen molar-refractivity contribution in [2.45, 2.75) is 13.5 Å². The van der Waals surface area contributed by atoms with Gasteiger partial charge in [-0.2, -0.15) is 0 Å². The molecule has 0 saturated carbocycles. The molecule has 122 valence electrons. The van der Waals surface area contributed by atoms with Gasteiger partial charge in [0.1, 0.15) is 5.76 Å². The van der Waals surface area contributed by atoms with Crippen LogP contribution in [-0.2, 0) is 6.54 Å². The Hall–Kier alpha value is -3.28. The lowest BCUT2D eigenvalue weighted by Gasteiger charge is -2.10. The fourth-order valence-electron chi connectivity index (χ4n) is 2.17. The minimum Gasteiger partial charge on any atom is -0.467 e. The Labute approximate surface area is 138 Å². The zero-order valence-electron chi connectivity index (χ0n) is 13.0. The van der Waals surface area contributed by atoms with E-state index >= 15 is 0 Å². The first kappa shape index (κ1) is 15.6. The molecule has 6 heteroatoms. The fraction of sp³-hybridized carbons (Fsp3) is 0.111. The van der Waals surface area contributed by atoms with Crippen LogP contribution in [0, 0.1) is 6.92 Å². The summed E-state index contributed by atoms with van der Waals surface area (Å²) in [6, 6.07) is 11.9. The van der Waals surface area contributed by atoms with Crippen LogP contribution in [0.4, 0.5) is 5.69 Å². The van der Waals surface area contributed by atoms with Gasteiger partial charge in [-0.3, -0.25) is 9.59 Å². The van der Waals surface area contributed by atoms with Crippen LogP contribution in [0.1, 0.15) is 32.2 Å². The predicted octanol–water partition coefficient (Wildman–Crippen LogP) is 3.36. The van der Waals surface area contributed by atoms with Crippen molar-refractivity contribution in [1.29, 1.82) is 0 Å². The molecule has 2 heterocycles. The van der Waals surface area contributed by atoms with Gasteiger partial charge in [-0.25, -0.2) is 0 Å². The van der Waals surface area contributed by atoms with E-state index in [1.807, 2.05) is 6.92 Å². The lowest BCUT2D eigenvalue weighted by Crippen LogP contribution is -2.23. The van der Waals surface area contributed by atoms with E-state index in [1.54, 1.807) is 48.7 Å². The highest BCUT2D eigenvalue weighted by molar-refractivity contribution is 6.03. The van der Waals surface area contributed by atoms with E-state index in [4.69, 9.17) is 8.83 Å². The maximum absolute atomic E-state index is 12.2. The molecule has 0 fully saturated rings. The molecular formula is C18H16N2O4. The number of carbonyl (C=O) groups excluding carboxylic acids is 2. The maximum atomic E-state index is 12.2. The Balaban J connectivity index is 1.71. The molecule has 6 nitrogen and oxygen atoms in total. The summed E-state index contributed by atoms with van der Waals surface area (Å²) < 4.78 is 10.2. The Morgan fingerprint density at radius 1 is 1.00 bits per heavy atom. The number of furan rings is 2. The average molecular weight is 324 g/mol. The van der Waals surface area contributed by atoms with E-state index in [1.165, 1.54) is 6.26 Å². The van der Waals surface area contributed by atoms with Gasteiger partial charge in [0.2, 0.25) is 0 Å². The number of hydrogen-bond acceptors (Lipinski definition) is 4. The number of benzene rings is 1. The van der Waals surface area contributed by atoms with Crippen molar-refractivity contribution in [2.24, 2.45) is 0 Å². The first-order chi connectivity index (χ1) is 11.6. The first-order valence-corrected chi connectivity index (χ1v) is 7.39. The molecule has 3 rings (SSSR count). The number of nitrogens with one attached hydrogen (secondary N) is 2. The van der Waals surface area contributed by atoms with Crippen molar-refractivity contribution in [3.8, 4) is 0 Å². The number of hydrogen-bond donors (Lipinski definition) is 2. The molecule has 2 N–H and O–H groups in total. The second-order valence-electron chi connectivity index (χ2n) is 5.22. The molecule has 2 amide bonds. The van der Waals surface area contributed by atoms with Crippen molar-refractivity contribution in [1.82, 2.24) is 5.32 Å². The Kier molecular flexibility index (Phi) is 4.47. The number of rotatable bonds is 5. The van der Waals surface area contributed by atoms with Crippen LogP contribution in [0.15, 0.2) is 63.8 Å². The summed E-state index contributed by atoms with van der Waals surface area (Å²) >= 11 is 0. The maximum Gasteiger partial charge on any atom is 0.291 e. The van der Waals surface area contributed by atoms with Crippen LogP contribution >= 0.6 is 0 Å². The summed E-state index contributed by atoms with van der Waals surface area (Å²) in [5.74, 6) is 0.264. The molecular weight excluding hydrogens is 308 g/mol. The average Bonchev–Trinajstić information content (AvgIpc) is 3.28. The smallest absolute Gasteiger partial charge is 0.291 e. The lowest BCUT2D eigenvalue weighted by atomic mass is 10.1. The Bertz CT molecular complexity index is 836. The summed E-state index contributed by atoms with van der Waals surface area (Å²) in [5, 5.41) is 5.51. The van der Waals surface area contributed by atoms with Crippen LogP contribution in [0.5, 0.6) is 0 Å². The molecule has 0 bridgehead atoms. The fourth-order valence-corrected chi connectivity index (χ4v) is 2.17. The largest absolute Gasteiger partial charge is 0.467 e. The van der Waals surface area contributed by atoms with Crippen molar-refractivity contribution >= 4 is 17.5 Å². The molecule has 0 aliphatic rings. The summed E-state index contributed by atoms with van der Waals surface area (Å²) in [6.07, 6.45) is 2.98. The molecule has 0 saturated heterocycles. The van der Waals surface area contributed by atoms with Gasteiger partial charge in [0.05, 0.1) is 19.1 Å². The summed E-state index contributed by atoms with van der Waals surface area (Å²) in [5.41, 5.74) is 1.85. The monoisotopic (exact) mass is 324 g/mol. The molecule has 0 radical (unpaired) electrons. The minimum atomic E-state index is -0.365. The second kappa shape index (κ2) is 6.87. The molecule has 0 spiro atoms. The summed E-state index contributed by atoms with van der Waals surface area (Å²) in [7, 11) is 0. The van der Waals surface area contributed by atoms with Crippen molar-refractivity contribution in [3.63, 3.8) is 0 Å². The quantitative estimate of drug-likeness (QED) is 0.753. The lowest BCUT2D eigenvalue weighted by molar-refractivity contribution is 0.0946. The highest BCUT2D eigenvalue weighted by atomic mass is 16.3. The minimum absolute atomic E-state index is 0.210. The van der Waals surface area contributed by atoms with Crippen LogP contribution in [0.3, 0.4) is 0 Å². The van der Waals surface area contributed by atoms with Crippen LogP contribution in [0.2, 0.25) is 0 Å². The van der Waals surface area contributed by atoms with Gasteiger partial charge in [0, 0.05) is 11.3 Å². The molecule has 1 aromatic carbocycles. The normalized spacial score (nSPS) is 10.4. The molecule has 0 atom stereocenters. The van der Waals surface area contributed by atoms with Crippen molar-refractivity contribution < 1.29 is 18.4 Å². The van der Waals surface area contributed by atoms with E-state index in [-0.39, 0.29) is 17.6 Å². The summed E-state index contributed by atoms with van der Waals surface area (Å²) in [6.45, 7) is 2.15. The predicted molar refractivity (Wildman–Crippen MR) is 87.7 cm³/mol. The summed E-state index contributed by atoms with van der Waals surface area (Å²) in [4.78, 5) is 24.3. The molecule has 2 aromatic heterocycles. The molecule has 0 aliphatic heterocycles. The third-order valence-electron chi connectivity index (χ3n) is 3.50. The molecule has 3 aromatic rings. The van der Waals surface area contributed by atoms with Crippen molar-refractivity contribution in [3.05, 3.63) is 77.6 Å². The van der Waals surface area contributed by atoms with Gasteiger partial charge < -0.3 is 19.5 Å². The van der Waals surface area contributed by atoms with Crippen LogP contribution < -0.4 is 10.6 Å².